The highest BCUT2D eigenvalue weighted by Crippen LogP contribution is 2.29. The number of nitrogens with one attached hydrogen (secondary N) is 1. The number of benzene rings is 2. The summed E-state index contributed by atoms with van der Waals surface area (Å²) in [6.07, 6.45) is 6.83. The topological polar surface area (TPSA) is 113 Å². The molecule has 10 heteroatoms. The summed E-state index contributed by atoms with van der Waals surface area (Å²) >= 11 is 0. The highest BCUT2D eigenvalue weighted by molar-refractivity contribution is 5.95. The van der Waals surface area contributed by atoms with Gasteiger partial charge in [0, 0.05) is 23.7 Å². The predicted octanol–water partition coefficient (Wildman–Crippen LogP) is 4.20. The van der Waals surface area contributed by atoms with Crippen molar-refractivity contribution in [3.8, 4) is 23.1 Å². The third-order valence-electron chi connectivity index (χ3n) is 5.26. The molecule has 10 nitrogen and oxygen atoms in total. The van der Waals surface area contributed by atoms with Gasteiger partial charge in [0.05, 0.1) is 26.8 Å². The van der Waals surface area contributed by atoms with Crippen molar-refractivity contribution in [2.45, 2.75) is 26.3 Å². The maximum Gasteiger partial charge on any atom is 0.271 e. The summed E-state index contributed by atoms with van der Waals surface area (Å²) in [5.41, 5.74) is 4.95. The van der Waals surface area contributed by atoms with Crippen LogP contribution in [0.1, 0.15) is 35.7 Å². The first-order chi connectivity index (χ1) is 17.1. The van der Waals surface area contributed by atoms with Crippen LogP contribution in [0.5, 0.6) is 23.1 Å². The van der Waals surface area contributed by atoms with Crippen LogP contribution in [0.3, 0.4) is 0 Å². The summed E-state index contributed by atoms with van der Waals surface area (Å²) in [5, 5.41) is 4.04. The van der Waals surface area contributed by atoms with Crippen LogP contribution in [0.15, 0.2) is 60.2 Å². The molecule has 0 aliphatic heterocycles. The van der Waals surface area contributed by atoms with Gasteiger partial charge in [-0.3, -0.25) is 4.79 Å². The minimum Gasteiger partial charge on any atom is -0.497 e. The number of carbonyl (C=O) groups is 1. The molecule has 0 fully saturated rings. The summed E-state index contributed by atoms with van der Waals surface area (Å²) in [5.74, 6) is 1.73. The van der Waals surface area contributed by atoms with Crippen molar-refractivity contribution in [3.05, 3.63) is 66.2 Å². The summed E-state index contributed by atoms with van der Waals surface area (Å²) in [7, 11) is 3.11. The normalized spacial score (nSPS) is 11.1. The minimum atomic E-state index is -0.339. The second-order valence-electron chi connectivity index (χ2n) is 7.58. The lowest BCUT2D eigenvalue weighted by Gasteiger charge is -2.09. The number of fused-ring (bicyclic) bond motifs is 1. The highest BCUT2D eigenvalue weighted by atomic mass is 16.5. The number of unbranched alkanes of at least 4 members (excludes halogenated alkanes) is 1. The standard InChI is InChI=1S/C25H26N6O4/c1-4-5-12-31-16-28-22-23(31)26-15-27-25(22)35-20-11-8-18(21(13-20)34-3)14-29-30-24(32)17-6-9-19(33-2)10-7-17/h6-11,13-16H,4-5,12H2,1-3H3,(H,30,32)/b29-14+. The molecule has 0 saturated heterocycles. The number of aryl methyl sites for hydroxylation is 1. The Hall–Kier alpha value is -4.47. The smallest absolute Gasteiger partial charge is 0.271 e. The number of rotatable bonds is 10. The van der Waals surface area contributed by atoms with Gasteiger partial charge in [0.2, 0.25) is 0 Å². The van der Waals surface area contributed by atoms with Crippen LogP contribution in [0.2, 0.25) is 0 Å². The van der Waals surface area contributed by atoms with E-state index in [4.69, 9.17) is 14.2 Å². The largest absolute Gasteiger partial charge is 0.497 e. The van der Waals surface area contributed by atoms with Gasteiger partial charge in [-0.2, -0.15) is 10.1 Å². The highest BCUT2D eigenvalue weighted by Gasteiger charge is 2.13. The number of imidazole rings is 1. The van der Waals surface area contributed by atoms with E-state index >= 15 is 0 Å². The average molecular weight is 475 g/mol. The Bertz CT molecular complexity index is 1330. The van der Waals surface area contributed by atoms with E-state index in [0.717, 1.165) is 25.0 Å². The van der Waals surface area contributed by atoms with Crippen molar-refractivity contribution < 1.29 is 19.0 Å². The molecule has 1 amide bonds. The van der Waals surface area contributed by atoms with Crippen molar-refractivity contribution in [1.29, 1.82) is 0 Å². The zero-order valence-corrected chi connectivity index (χ0v) is 19.8. The maximum absolute atomic E-state index is 12.3. The van der Waals surface area contributed by atoms with E-state index in [-0.39, 0.29) is 5.91 Å². The van der Waals surface area contributed by atoms with Crippen molar-refractivity contribution in [2.75, 3.05) is 14.2 Å². The van der Waals surface area contributed by atoms with Crippen molar-refractivity contribution in [2.24, 2.45) is 5.10 Å². The Morgan fingerprint density at radius 2 is 1.86 bits per heavy atom. The van der Waals surface area contributed by atoms with E-state index < -0.39 is 0 Å². The molecule has 2 aromatic carbocycles. The quantitative estimate of drug-likeness (QED) is 0.271. The van der Waals surface area contributed by atoms with Crippen LogP contribution < -0.4 is 19.6 Å². The number of carbonyl (C=O) groups excluding carboxylic acids is 1. The fourth-order valence-electron chi connectivity index (χ4n) is 3.37. The molecule has 1 N–H and O–H groups in total. The molecule has 0 spiro atoms. The number of amides is 1. The second kappa shape index (κ2) is 11.1. The fraction of sp³-hybridized carbons (Fsp3) is 0.240. The van der Waals surface area contributed by atoms with E-state index in [2.05, 4.69) is 32.4 Å². The lowest BCUT2D eigenvalue weighted by Crippen LogP contribution is -2.17. The zero-order valence-electron chi connectivity index (χ0n) is 19.8. The van der Waals surface area contributed by atoms with Gasteiger partial charge in [-0.05, 0) is 42.8 Å². The number of hydrogen-bond acceptors (Lipinski definition) is 8. The molecule has 180 valence electrons. The van der Waals surface area contributed by atoms with Crippen LogP contribution >= 0.6 is 0 Å². The lowest BCUT2D eigenvalue weighted by molar-refractivity contribution is 0.0955. The third kappa shape index (κ3) is 5.55. The van der Waals surface area contributed by atoms with Crippen molar-refractivity contribution in [3.63, 3.8) is 0 Å². The second-order valence-corrected chi connectivity index (χ2v) is 7.58. The van der Waals surface area contributed by atoms with E-state index in [9.17, 15) is 4.79 Å². The van der Waals surface area contributed by atoms with Gasteiger partial charge in [-0.1, -0.05) is 13.3 Å². The summed E-state index contributed by atoms with van der Waals surface area (Å²) in [6, 6.07) is 12.0. The van der Waals surface area contributed by atoms with Crippen LogP contribution in [-0.2, 0) is 6.54 Å². The zero-order chi connectivity index (χ0) is 24.6. The van der Waals surface area contributed by atoms with Crippen LogP contribution in [0, 0.1) is 0 Å². The molecule has 4 rings (SSSR count). The van der Waals surface area contributed by atoms with E-state index in [1.807, 2.05) is 4.57 Å². The number of aromatic nitrogens is 4. The number of methoxy groups -OCH3 is 2. The first-order valence-corrected chi connectivity index (χ1v) is 11.1. The van der Waals surface area contributed by atoms with Gasteiger partial charge in [-0.25, -0.2) is 15.4 Å². The third-order valence-corrected chi connectivity index (χ3v) is 5.26. The monoisotopic (exact) mass is 474 g/mol. The SMILES string of the molecule is CCCCn1cnc2c(Oc3ccc(/C=N/NC(=O)c4ccc(OC)cc4)c(OC)c3)ncnc21. The number of ether oxygens (including phenoxy) is 3. The Labute approximate surface area is 202 Å². The number of hydrazone groups is 1. The van der Waals surface area contributed by atoms with Gasteiger partial charge < -0.3 is 18.8 Å². The Morgan fingerprint density at radius 3 is 2.60 bits per heavy atom. The van der Waals surface area contributed by atoms with Gasteiger partial charge in [0.1, 0.15) is 23.6 Å². The fourth-order valence-corrected chi connectivity index (χ4v) is 3.37. The molecular formula is C25H26N6O4. The Kier molecular flexibility index (Phi) is 7.51. The van der Waals surface area contributed by atoms with Crippen molar-refractivity contribution >= 4 is 23.3 Å². The Morgan fingerprint density at radius 1 is 1.06 bits per heavy atom. The van der Waals surface area contributed by atoms with E-state index in [1.165, 1.54) is 12.5 Å². The Balaban J connectivity index is 1.46. The molecule has 0 unspecified atom stereocenters. The van der Waals surface area contributed by atoms with Crippen LogP contribution in [0.25, 0.3) is 11.2 Å². The number of nitrogens with zero attached hydrogens (tertiary/aromatic N) is 5. The van der Waals surface area contributed by atoms with Crippen LogP contribution in [-0.4, -0.2) is 45.9 Å². The molecule has 2 heterocycles. The molecule has 0 aliphatic rings. The van der Waals surface area contributed by atoms with Crippen LogP contribution in [0.4, 0.5) is 0 Å². The minimum absolute atomic E-state index is 0.339. The molecule has 0 aliphatic carbocycles. The molecular weight excluding hydrogens is 448 g/mol. The summed E-state index contributed by atoms with van der Waals surface area (Å²) in [4.78, 5) is 25.3. The summed E-state index contributed by atoms with van der Waals surface area (Å²) in [6.45, 7) is 2.97. The lowest BCUT2D eigenvalue weighted by atomic mass is 10.2. The number of hydrogen-bond donors (Lipinski definition) is 1. The van der Waals surface area contributed by atoms with E-state index in [1.54, 1.807) is 63.0 Å². The first kappa shape index (κ1) is 23.7. The molecule has 0 saturated carbocycles. The maximum atomic E-state index is 12.3. The first-order valence-electron chi connectivity index (χ1n) is 11.1. The molecule has 35 heavy (non-hydrogen) atoms. The predicted molar refractivity (Wildman–Crippen MR) is 131 cm³/mol. The van der Waals surface area contributed by atoms with Gasteiger partial charge in [-0.15, -0.1) is 0 Å². The average Bonchev–Trinajstić information content (AvgIpc) is 3.32. The van der Waals surface area contributed by atoms with E-state index in [0.29, 0.717) is 39.8 Å². The molecule has 0 atom stereocenters. The van der Waals surface area contributed by atoms with Gasteiger partial charge in [0.25, 0.3) is 11.8 Å². The van der Waals surface area contributed by atoms with Gasteiger partial charge >= 0.3 is 0 Å². The van der Waals surface area contributed by atoms with Crippen molar-refractivity contribution in [1.82, 2.24) is 24.9 Å². The van der Waals surface area contributed by atoms with Gasteiger partial charge in [0.15, 0.2) is 11.2 Å². The molecule has 2 aromatic heterocycles. The molecule has 4 aromatic rings. The summed E-state index contributed by atoms with van der Waals surface area (Å²) < 4.78 is 18.6. The molecule has 0 radical (unpaired) electrons. The molecule has 0 bridgehead atoms.